The number of hydrogen-bond acceptors (Lipinski definition) is 3. The fraction of sp³-hybridized carbons (Fsp3) is 0.467. The van der Waals surface area contributed by atoms with Gasteiger partial charge >= 0.3 is 5.97 Å². The minimum atomic E-state index is -0.732. The van der Waals surface area contributed by atoms with Gasteiger partial charge in [0, 0.05) is 18.7 Å². The number of methoxy groups -OCH3 is 1. The SMILES string of the molecule is COC(=O)C1CCCN(C(=O)Cc2c(F)cccc2F)C1. The first-order valence-corrected chi connectivity index (χ1v) is 6.81. The Balaban J connectivity index is 2.05. The van der Waals surface area contributed by atoms with Crippen LogP contribution in [-0.2, 0) is 20.7 Å². The van der Waals surface area contributed by atoms with Gasteiger partial charge in [0.05, 0.1) is 19.4 Å². The molecule has 1 heterocycles. The molecule has 1 saturated heterocycles. The summed E-state index contributed by atoms with van der Waals surface area (Å²) >= 11 is 0. The molecule has 4 nitrogen and oxygen atoms in total. The lowest BCUT2D eigenvalue weighted by Gasteiger charge is -2.31. The Morgan fingerprint density at radius 2 is 2.00 bits per heavy atom. The van der Waals surface area contributed by atoms with Crippen LogP contribution in [0.15, 0.2) is 18.2 Å². The van der Waals surface area contributed by atoms with Gasteiger partial charge in [-0.3, -0.25) is 9.59 Å². The second-order valence-corrected chi connectivity index (χ2v) is 5.08. The summed E-state index contributed by atoms with van der Waals surface area (Å²) in [6, 6.07) is 3.51. The van der Waals surface area contributed by atoms with Crippen molar-refractivity contribution >= 4 is 11.9 Å². The van der Waals surface area contributed by atoms with Crippen molar-refractivity contribution in [2.45, 2.75) is 19.3 Å². The molecule has 0 aromatic heterocycles. The molecule has 1 amide bonds. The molecule has 114 valence electrons. The Kier molecular flexibility index (Phi) is 4.88. The molecule has 21 heavy (non-hydrogen) atoms. The highest BCUT2D eigenvalue weighted by Crippen LogP contribution is 2.20. The molecular weight excluding hydrogens is 280 g/mol. The van der Waals surface area contributed by atoms with E-state index in [1.54, 1.807) is 0 Å². The zero-order valence-corrected chi connectivity index (χ0v) is 11.8. The maximum absolute atomic E-state index is 13.6. The van der Waals surface area contributed by atoms with E-state index in [9.17, 15) is 18.4 Å². The van der Waals surface area contributed by atoms with Crippen molar-refractivity contribution in [3.63, 3.8) is 0 Å². The van der Waals surface area contributed by atoms with Crippen molar-refractivity contribution in [2.75, 3.05) is 20.2 Å². The number of esters is 1. The fourth-order valence-electron chi connectivity index (χ4n) is 2.53. The maximum Gasteiger partial charge on any atom is 0.310 e. The van der Waals surface area contributed by atoms with Gasteiger partial charge in [0.15, 0.2) is 0 Å². The van der Waals surface area contributed by atoms with Crippen molar-refractivity contribution in [2.24, 2.45) is 5.92 Å². The van der Waals surface area contributed by atoms with Crippen LogP contribution in [0.25, 0.3) is 0 Å². The van der Waals surface area contributed by atoms with E-state index in [0.29, 0.717) is 19.4 Å². The standard InChI is InChI=1S/C15H17F2NO3/c1-21-15(20)10-4-3-7-18(9-10)14(19)8-11-12(16)5-2-6-13(11)17/h2,5-6,10H,3-4,7-9H2,1H3. The van der Waals surface area contributed by atoms with Crippen molar-refractivity contribution in [1.29, 1.82) is 0 Å². The minimum Gasteiger partial charge on any atom is -0.469 e. The predicted molar refractivity (Wildman–Crippen MR) is 71.4 cm³/mol. The van der Waals surface area contributed by atoms with Crippen LogP contribution in [0.3, 0.4) is 0 Å². The highest BCUT2D eigenvalue weighted by Gasteiger charge is 2.29. The number of likely N-dealkylation sites (tertiary alicyclic amines) is 1. The first-order chi connectivity index (χ1) is 10.0. The molecule has 1 aromatic carbocycles. The number of carbonyl (C=O) groups excluding carboxylic acids is 2. The normalized spacial score (nSPS) is 18.4. The summed E-state index contributed by atoms with van der Waals surface area (Å²) in [7, 11) is 1.30. The molecule has 1 atom stereocenters. The number of benzene rings is 1. The van der Waals surface area contributed by atoms with Crippen molar-refractivity contribution in [1.82, 2.24) is 4.90 Å². The number of hydrogen-bond donors (Lipinski definition) is 0. The molecule has 0 bridgehead atoms. The van der Waals surface area contributed by atoms with Crippen molar-refractivity contribution in [3.05, 3.63) is 35.4 Å². The molecule has 1 fully saturated rings. The van der Waals surface area contributed by atoms with Gasteiger partial charge in [-0.2, -0.15) is 0 Å². The second kappa shape index (κ2) is 6.65. The molecule has 0 saturated carbocycles. The monoisotopic (exact) mass is 297 g/mol. The molecule has 1 aromatic rings. The zero-order chi connectivity index (χ0) is 15.4. The number of ether oxygens (including phenoxy) is 1. The van der Waals surface area contributed by atoms with Gasteiger partial charge in [-0.25, -0.2) is 8.78 Å². The first-order valence-electron chi connectivity index (χ1n) is 6.81. The van der Waals surface area contributed by atoms with Gasteiger partial charge in [0.2, 0.25) is 5.91 Å². The van der Waals surface area contributed by atoms with Crippen LogP contribution in [0, 0.1) is 17.6 Å². The third-order valence-electron chi connectivity index (χ3n) is 3.70. The number of halogens is 2. The summed E-state index contributed by atoms with van der Waals surface area (Å²) in [5, 5.41) is 0. The Morgan fingerprint density at radius 3 is 2.62 bits per heavy atom. The first kappa shape index (κ1) is 15.4. The minimum absolute atomic E-state index is 0.234. The molecule has 0 radical (unpaired) electrons. The molecule has 0 spiro atoms. The molecule has 1 unspecified atom stereocenters. The summed E-state index contributed by atoms with van der Waals surface area (Å²) < 4.78 is 31.8. The lowest BCUT2D eigenvalue weighted by atomic mass is 9.97. The predicted octanol–water partition coefficient (Wildman–Crippen LogP) is 1.92. The second-order valence-electron chi connectivity index (χ2n) is 5.08. The fourth-order valence-corrected chi connectivity index (χ4v) is 2.53. The molecule has 2 rings (SSSR count). The van der Waals surface area contributed by atoms with Gasteiger partial charge in [-0.1, -0.05) is 6.07 Å². The van der Waals surface area contributed by atoms with E-state index in [-0.39, 0.29) is 36.3 Å². The average Bonchev–Trinajstić information content (AvgIpc) is 2.50. The van der Waals surface area contributed by atoms with Gasteiger partial charge in [0.1, 0.15) is 11.6 Å². The van der Waals surface area contributed by atoms with Crippen molar-refractivity contribution in [3.8, 4) is 0 Å². The maximum atomic E-state index is 13.6. The molecule has 6 heteroatoms. The third kappa shape index (κ3) is 3.56. The topological polar surface area (TPSA) is 46.6 Å². The van der Waals surface area contributed by atoms with Crippen LogP contribution < -0.4 is 0 Å². The highest BCUT2D eigenvalue weighted by molar-refractivity contribution is 5.80. The van der Waals surface area contributed by atoms with Gasteiger partial charge < -0.3 is 9.64 Å². The van der Waals surface area contributed by atoms with E-state index in [0.717, 1.165) is 12.1 Å². The average molecular weight is 297 g/mol. The van der Waals surface area contributed by atoms with E-state index < -0.39 is 11.6 Å². The molecule has 1 aliphatic heterocycles. The molecule has 0 aliphatic carbocycles. The summed E-state index contributed by atoms with van der Waals surface area (Å²) in [5.41, 5.74) is -0.234. The summed E-state index contributed by atoms with van der Waals surface area (Å²) in [4.78, 5) is 25.2. The third-order valence-corrected chi connectivity index (χ3v) is 3.70. The number of carbonyl (C=O) groups is 2. The van der Waals surface area contributed by atoms with Gasteiger partial charge in [-0.05, 0) is 25.0 Å². The largest absolute Gasteiger partial charge is 0.469 e. The van der Waals surface area contributed by atoms with Gasteiger partial charge in [0.25, 0.3) is 0 Å². The Bertz CT molecular complexity index is 527. The number of piperidine rings is 1. The van der Waals surface area contributed by atoms with Crippen LogP contribution in [0.1, 0.15) is 18.4 Å². The summed E-state index contributed by atoms with van der Waals surface area (Å²) in [6.45, 7) is 0.726. The van der Waals surface area contributed by atoms with E-state index in [1.807, 2.05) is 0 Å². The Labute approximate surface area is 121 Å². The highest BCUT2D eigenvalue weighted by atomic mass is 19.1. The lowest BCUT2D eigenvalue weighted by molar-refractivity contribution is -0.148. The van der Waals surface area contributed by atoms with E-state index in [2.05, 4.69) is 4.74 Å². The summed E-state index contributed by atoms with van der Waals surface area (Å²) in [6.07, 6.45) is 0.988. The zero-order valence-electron chi connectivity index (χ0n) is 11.8. The van der Waals surface area contributed by atoms with Crippen molar-refractivity contribution < 1.29 is 23.1 Å². The quantitative estimate of drug-likeness (QED) is 0.801. The smallest absolute Gasteiger partial charge is 0.310 e. The molecular formula is C15H17F2NO3. The van der Waals surface area contributed by atoms with E-state index >= 15 is 0 Å². The van der Waals surface area contributed by atoms with Crippen LogP contribution in [0.4, 0.5) is 8.78 Å². The molecule has 1 aliphatic rings. The number of amides is 1. The number of nitrogens with zero attached hydrogens (tertiary/aromatic N) is 1. The van der Waals surface area contributed by atoms with E-state index in [1.165, 1.54) is 18.1 Å². The Morgan fingerprint density at radius 1 is 1.33 bits per heavy atom. The van der Waals surface area contributed by atoms with Crippen LogP contribution in [0.2, 0.25) is 0 Å². The summed E-state index contributed by atoms with van der Waals surface area (Å²) in [5.74, 6) is -2.56. The lowest BCUT2D eigenvalue weighted by Crippen LogP contribution is -2.43. The van der Waals surface area contributed by atoms with Crippen LogP contribution >= 0.6 is 0 Å². The Hall–Kier alpha value is -1.98. The number of rotatable bonds is 3. The van der Waals surface area contributed by atoms with Crippen LogP contribution in [-0.4, -0.2) is 37.0 Å². The van der Waals surface area contributed by atoms with Crippen LogP contribution in [0.5, 0.6) is 0 Å². The van der Waals surface area contributed by atoms with E-state index in [4.69, 9.17) is 0 Å². The van der Waals surface area contributed by atoms with Gasteiger partial charge in [-0.15, -0.1) is 0 Å². The molecule has 0 N–H and O–H groups in total.